The van der Waals surface area contributed by atoms with Gasteiger partial charge in [0.1, 0.15) is 22.9 Å². The summed E-state index contributed by atoms with van der Waals surface area (Å²) in [6.07, 6.45) is -3.76. The van der Waals surface area contributed by atoms with Crippen LogP contribution in [0, 0.1) is 5.92 Å². The molecule has 1 aliphatic heterocycles. The molecule has 0 aromatic carbocycles. The summed E-state index contributed by atoms with van der Waals surface area (Å²) in [4.78, 5) is 15.5. The molecular weight excluding hydrogens is 428 g/mol. The fraction of sp³-hybridized carbons (Fsp3) is 0.222. The number of aliphatic imine (C=N–C) groups is 1. The topological polar surface area (TPSA) is 115 Å². The summed E-state index contributed by atoms with van der Waals surface area (Å²) < 4.78 is 77.8. The molecule has 164 valence electrons. The Morgan fingerprint density at radius 3 is 2.45 bits per heavy atom. The van der Waals surface area contributed by atoms with E-state index in [1.165, 1.54) is 6.20 Å². The Morgan fingerprint density at radius 1 is 1.16 bits per heavy atom. The van der Waals surface area contributed by atoms with Crippen LogP contribution in [0.2, 0.25) is 0 Å². The predicted molar refractivity (Wildman–Crippen MR) is 101 cm³/mol. The van der Waals surface area contributed by atoms with Gasteiger partial charge in [0.2, 0.25) is 0 Å². The molecule has 0 aliphatic carbocycles. The highest BCUT2D eigenvalue weighted by molar-refractivity contribution is 5.99. The van der Waals surface area contributed by atoms with E-state index in [-0.39, 0.29) is 28.7 Å². The van der Waals surface area contributed by atoms with E-state index < -0.39 is 36.1 Å². The van der Waals surface area contributed by atoms with E-state index in [2.05, 4.69) is 25.3 Å². The molecule has 1 unspecified atom stereocenters. The van der Waals surface area contributed by atoms with Crippen LogP contribution in [-0.4, -0.2) is 33.5 Å². The van der Waals surface area contributed by atoms with Gasteiger partial charge in [-0.1, -0.05) is 6.08 Å². The normalized spacial score (nSPS) is 17.4. The third-order valence-corrected chi connectivity index (χ3v) is 4.20. The zero-order valence-electron chi connectivity index (χ0n) is 15.5. The number of aromatic nitrogens is 3. The first kappa shape index (κ1) is 22.1. The van der Waals surface area contributed by atoms with Crippen LogP contribution in [0.25, 0.3) is 17.1 Å². The second-order valence-electron chi connectivity index (χ2n) is 6.32. The molecule has 0 amide bonds. The molecule has 0 saturated carbocycles. The summed E-state index contributed by atoms with van der Waals surface area (Å²) in [6.45, 7) is -0.514. The summed E-state index contributed by atoms with van der Waals surface area (Å²) in [5.74, 6) is -1.89. The van der Waals surface area contributed by atoms with Crippen LogP contribution in [0.5, 0.6) is 0 Å². The molecule has 0 bridgehead atoms. The number of nitrogens with zero attached hydrogens (tertiary/aromatic N) is 4. The molecule has 13 heteroatoms. The van der Waals surface area contributed by atoms with Crippen molar-refractivity contribution in [1.82, 2.24) is 20.3 Å². The zero-order chi connectivity index (χ0) is 22.8. The van der Waals surface area contributed by atoms with E-state index in [0.717, 1.165) is 36.7 Å². The first-order valence-electron chi connectivity index (χ1n) is 8.64. The Kier molecular flexibility index (Phi) is 5.86. The van der Waals surface area contributed by atoms with E-state index in [4.69, 9.17) is 11.5 Å². The third-order valence-electron chi connectivity index (χ3n) is 4.20. The van der Waals surface area contributed by atoms with Crippen LogP contribution in [-0.2, 0) is 6.18 Å². The molecular formula is C18H15F6N7. The number of nitrogens with two attached hydrogens (primary N) is 2. The van der Waals surface area contributed by atoms with Gasteiger partial charge in [0, 0.05) is 12.4 Å². The number of amidine groups is 1. The van der Waals surface area contributed by atoms with Crippen LogP contribution in [0.1, 0.15) is 11.3 Å². The fourth-order valence-electron chi connectivity index (χ4n) is 2.69. The van der Waals surface area contributed by atoms with E-state index in [0.29, 0.717) is 0 Å². The molecule has 0 radical (unpaired) electrons. The number of rotatable bonds is 3. The maximum absolute atomic E-state index is 13.2. The van der Waals surface area contributed by atoms with Gasteiger partial charge in [0.05, 0.1) is 29.9 Å². The van der Waals surface area contributed by atoms with Crippen molar-refractivity contribution >= 4 is 17.4 Å². The average molecular weight is 443 g/mol. The number of pyridine rings is 1. The van der Waals surface area contributed by atoms with Gasteiger partial charge in [-0.3, -0.25) is 9.98 Å². The highest BCUT2D eigenvalue weighted by Crippen LogP contribution is 2.35. The highest BCUT2D eigenvalue weighted by atomic mass is 19.4. The summed E-state index contributed by atoms with van der Waals surface area (Å²) >= 11 is 0. The monoisotopic (exact) mass is 443 g/mol. The van der Waals surface area contributed by atoms with Crippen molar-refractivity contribution in [2.24, 2.45) is 16.6 Å². The van der Waals surface area contributed by atoms with Crippen molar-refractivity contribution in [1.29, 1.82) is 0 Å². The maximum Gasteiger partial charge on any atom is 0.418 e. The Bertz CT molecular complexity index is 1060. The average Bonchev–Trinajstić information content (AvgIpc) is 2.71. The number of anilines is 1. The van der Waals surface area contributed by atoms with E-state index in [1.807, 2.05) is 0 Å². The van der Waals surface area contributed by atoms with Crippen LogP contribution >= 0.6 is 0 Å². The van der Waals surface area contributed by atoms with Crippen molar-refractivity contribution < 1.29 is 26.3 Å². The molecule has 5 N–H and O–H groups in total. The molecule has 0 spiro atoms. The molecule has 2 aromatic heterocycles. The first-order valence-corrected chi connectivity index (χ1v) is 8.64. The van der Waals surface area contributed by atoms with Crippen molar-refractivity contribution in [3.8, 4) is 11.4 Å². The number of nitrogen functional groups attached to an aromatic ring is 1. The lowest BCUT2D eigenvalue weighted by molar-refractivity contribution is -0.158. The van der Waals surface area contributed by atoms with Gasteiger partial charge in [-0.2, -0.15) is 26.3 Å². The lowest BCUT2D eigenvalue weighted by Gasteiger charge is -2.20. The number of halogens is 6. The van der Waals surface area contributed by atoms with E-state index in [9.17, 15) is 26.3 Å². The van der Waals surface area contributed by atoms with Gasteiger partial charge < -0.3 is 16.8 Å². The van der Waals surface area contributed by atoms with Crippen molar-refractivity contribution in [2.75, 3.05) is 12.3 Å². The summed E-state index contributed by atoms with van der Waals surface area (Å²) in [6, 6.07) is 1.99. The zero-order valence-corrected chi connectivity index (χ0v) is 15.5. The molecule has 2 aromatic rings. The number of dihydropyridines is 1. The van der Waals surface area contributed by atoms with Gasteiger partial charge in [-0.25, -0.2) is 9.97 Å². The summed E-state index contributed by atoms with van der Waals surface area (Å²) in [5.41, 5.74) is 9.76. The van der Waals surface area contributed by atoms with Crippen LogP contribution in [0.4, 0.5) is 32.2 Å². The minimum absolute atomic E-state index is 0.0233. The minimum atomic E-state index is -4.66. The first-order chi connectivity index (χ1) is 14.5. The smallest absolute Gasteiger partial charge is 0.403 e. The van der Waals surface area contributed by atoms with E-state index in [1.54, 1.807) is 0 Å². The Hall–Kier alpha value is -3.64. The quantitative estimate of drug-likeness (QED) is 0.628. The molecule has 1 atom stereocenters. The largest absolute Gasteiger partial charge is 0.418 e. The molecule has 0 fully saturated rings. The van der Waals surface area contributed by atoms with E-state index >= 15 is 0 Å². The molecule has 3 heterocycles. The third kappa shape index (κ3) is 4.92. The molecule has 7 nitrogen and oxygen atoms in total. The van der Waals surface area contributed by atoms with Gasteiger partial charge in [-0.05, 0) is 18.2 Å². The fourth-order valence-corrected chi connectivity index (χ4v) is 2.69. The van der Waals surface area contributed by atoms with Crippen molar-refractivity contribution in [2.45, 2.75) is 12.4 Å². The SMILES string of the molecule is N/C=C(/NC1=NCC(C(F)(F)F)C=C1)c1ncc(-c2ncccc2C(F)(F)F)nc1N. The van der Waals surface area contributed by atoms with Crippen LogP contribution in [0.3, 0.4) is 0 Å². The summed E-state index contributed by atoms with van der Waals surface area (Å²) in [7, 11) is 0. The lowest BCUT2D eigenvalue weighted by Crippen LogP contribution is -2.30. The molecule has 1 aliphatic rings. The second kappa shape index (κ2) is 8.24. The van der Waals surface area contributed by atoms with Crippen molar-refractivity contribution in [3.63, 3.8) is 0 Å². The standard InChI is InChI=1S/C18H15F6N7/c19-17(20,21)9-3-4-13(28-7-9)30-11(6-25)15-16(26)31-12(8-29-15)14-10(18(22,23)24)2-1-5-27-14/h1-6,8-9H,7,25H2,(H2,26,31)(H,28,30)/b11-6+. The number of hydrogen-bond donors (Lipinski definition) is 3. The molecule has 3 rings (SSSR count). The second-order valence-corrected chi connectivity index (χ2v) is 6.32. The summed E-state index contributed by atoms with van der Waals surface area (Å²) in [5, 5.41) is 2.68. The van der Waals surface area contributed by atoms with Crippen molar-refractivity contribution in [3.05, 3.63) is 54.1 Å². The molecule has 31 heavy (non-hydrogen) atoms. The minimum Gasteiger partial charge on any atom is -0.403 e. The highest BCUT2D eigenvalue weighted by Gasteiger charge is 2.38. The van der Waals surface area contributed by atoms with Crippen LogP contribution < -0.4 is 16.8 Å². The van der Waals surface area contributed by atoms with Gasteiger partial charge >= 0.3 is 12.4 Å². The number of nitrogens with one attached hydrogen (secondary N) is 1. The number of hydrogen-bond acceptors (Lipinski definition) is 7. The maximum atomic E-state index is 13.2. The van der Waals surface area contributed by atoms with Gasteiger partial charge in [0.25, 0.3) is 0 Å². The predicted octanol–water partition coefficient (Wildman–Crippen LogP) is 3.13. The van der Waals surface area contributed by atoms with Gasteiger partial charge in [-0.15, -0.1) is 0 Å². The van der Waals surface area contributed by atoms with Gasteiger partial charge in [0.15, 0.2) is 5.82 Å². The van der Waals surface area contributed by atoms with Crippen LogP contribution in [0.15, 0.2) is 47.9 Å². The number of alkyl halides is 6. The Balaban J connectivity index is 1.85. The lowest BCUT2D eigenvalue weighted by atomic mass is 10.1. The Labute approximate surface area is 171 Å². The Morgan fingerprint density at radius 2 is 1.90 bits per heavy atom. The molecule has 0 saturated heterocycles.